The highest BCUT2D eigenvalue weighted by Gasteiger charge is 2.18. The number of likely N-dealkylation sites (N-methyl/N-ethyl adjacent to an activating group) is 2. The summed E-state index contributed by atoms with van der Waals surface area (Å²) in [5.41, 5.74) is 0.953. The summed E-state index contributed by atoms with van der Waals surface area (Å²) in [7, 11) is 3.69. The smallest absolute Gasteiger partial charge is 0.225 e. The van der Waals surface area contributed by atoms with E-state index in [1.54, 1.807) is 17.0 Å². The summed E-state index contributed by atoms with van der Waals surface area (Å²) in [6.45, 7) is 3.41. The summed E-state index contributed by atoms with van der Waals surface area (Å²) < 4.78 is 0. The lowest BCUT2D eigenvalue weighted by Gasteiger charge is -2.21. The number of hydrogen-bond donors (Lipinski definition) is 1. The Hall–Kier alpha value is -0.480. The van der Waals surface area contributed by atoms with Crippen molar-refractivity contribution in [3.05, 3.63) is 33.8 Å². The molecule has 0 fully saturated rings. The van der Waals surface area contributed by atoms with E-state index >= 15 is 0 Å². The van der Waals surface area contributed by atoms with Crippen molar-refractivity contribution in [1.29, 1.82) is 0 Å². The second-order valence-electron chi connectivity index (χ2n) is 4.70. The van der Waals surface area contributed by atoms with Crippen molar-refractivity contribution in [2.45, 2.75) is 13.3 Å². The minimum Gasteiger partial charge on any atom is -0.344 e. The molecule has 0 aliphatic heterocycles. The van der Waals surface area contributed by atoms with Crippen LogP contribution in [0.5, 0.6) is 0 Å². The lowest BCUT2D eigenvalue weighted by molar-refractivity contribution is -0.133. The number of rotatable bonds is 6. The maximum Gasteiger partial charge on any atom is 0.225 e. The predicted octanol–water partition coefficient (Wildman–Crippen LogP) is 3.27. The molecule has 1 amide bonds. The van der Waals surface area contributed by atoms with Gasteiger partial charge in [-0.2, -0.15) is 0 Å². The Labute approximate surface area is 137 Å². The van der Waals surface area contributed by atoms with Crippen LogP contribution in [0.3, 0.4) is 0 Å². The topological polar surface area (TPSA) is 32.3 Å². The summed E-state index contributed by atoms with van der Waals surface area (Å²) in [5, 5.41) is 4.25. The highest BCUT2D eigenvalue weighted by atomic mass is 35.5. The summed E-state index contributed by atoms with van der Waals surface area (Å²) >= 11 is 12.0. The van der Waals surface area contributed by atoms with Gasteiger partial charge in [0.25, 0.3) is 0 Å². The fraction of sp³-hybridized carbons (Fsp3) is 0.500. The maximum absolute atomic E-state index is 12.2. The average molecular weight is 340 g/mol. The van der Waals surface area contributed by atoms with Gasteiger partial charge in [-0.3, -0.25) is 4.79 Å². The lowest BCUT2D eigenvalue weighted by Crippen LogP contribution is -2.36. The number of carbonyl (C=O) groups excluding carboxylic acids is 1. The molecule has 0 bridgehead atoms. The first-order valence-electron chi connectivity index (χ1n) is 6.29. The maximum atomic E-state index is 12.2. The number of carbonyl (C=O) groups is 1. The molecule has 1 aromatic carbocycles. The van der Waals surface area contributed by atoms with Crippen LogP contribution >= 0.6 is 35.6 Å². The zero-order valence-electron chi connectivity index (χ0n) is 12.0. The molecule has 0 radical (unpaired) electrons. The van der Waals surface area contributed by atoms with Gasteiger partial charge in [0, 0.05) is 36.1 Å². The van der Waals surface area contributed by atoms with E-state index in [-0.39, 0.29) is 24.2 Å². The minimum absolute atomic E-state index is 0. The van der Waals surface area contributed by atoms with E-state index in [4.69, 9.17) is 23.2 Å². The van der Waals surface area contributed by atoms with Crippen LogP contribution in [0.25, 0.3) is 0 Å². The zero-order chi connectivity index (χ0) is 14.4. The average Bonchev–Trinajstić information content (AvgIpc) is 2.38. The molecule has 0 saturated carbocycles. The molecular formula is C14H21Cl3N2O. The van der Waals surface area contributed by atoms with E-state index in [0.717, 1.165) is 12.1 Å². The van der Waals surface area contributed by atoms with Gasteiger partial charge in [-0.05, 0) is 31.2 Å². The Morgan fingerprint density at radius 1 is 1.40 bits per heavy atom. The van der Waals surface area contributed by atoms with Crippen molar-refractivity contribution < 1.29 is 4.79 Å². The second-order valence-corrected chi connectivity index (χ2v) is 5.55. The molecule has 1 atom stereocenters. The summed E-state index contributed by atoms with van der Waals surface area (Å²) in [6.07, 6.45) is 0.624. The number of benzene rings is 1. The molecule has 114 valence electrons. The molecule has 3 nitrogen and oxygen atoms in total. The highest BCUT2D eigenvalue weighted by Crippen LogP contribution is 2.23. The van der Waals surface area contributed by atoms with Gasteiger partial charge in [0.15, 0.2) is 0 Å². The fourth-order valence-corrected chi connectivity index (χ4v) is 2.36. The normalized spacial score (nSPS) is 11.7. The molecule has 1 unspecified atom stereocenters. The van der Waals surface area contributed by atoms with Crippen LogP contribution in [0.15, 0.2) is 18.2 Å². The highest BCUT2D eigenvalue weighted by molar-refractivity contribution is 6.35. The Morgan fingerprint density at radius 3 is 2.60 bits per heavy atom. The minimum atomic E-state index is -0.0967. The molecule has 1 aromatic rings. The summed E-state index contributed by atoms with van der Waals surface area (Å²) in [4.78, 5) is 13.9. The summed E-state index contributed by atoms with van der Waals surface area (Å²) in [6, 6.07) is 5.38. The van der Waals surface area contributed by atoms with Crippen molar-refractivity contribution in [2.24, 2.45) is 5.92 Å². The van der Waals surface area contributed by atoms with Crippen LogP contribution in [-0.2, 0) is 11.2 Å². The van der Waals surface area contributed by atoms with Crippen LogP contribution in [0.2, 0.25) is 10.0 Å². The van der Waals surface area contributed by atoms with Crippen molar-refractivity contribution in [2.75, 3.05) is 27.2 Å². The first kappa shape index (κ1) is 19.5. The number of halogens is 3. The van der Waals surface area contributed by atoms with E-state index in [0.29, 0.717) is 23.0 Å². The number of hydrogen-bond acceptors (Lipinski definition) is 2. The van der Waals surface area contributed by atoms with Crippen molar-refractivity contribution >= 4 is 41.5 Å². The standard InChI is InChI=1S/C14H20Cl2N2O.ClH/c1-10(14(19)18(3)7-6-17-2)8-11-4-5-12(15)9-13(11)16;/h4-5,9-10,17H,6-8H2,1-3H3;1H. The zero-order valence-corrected chi connectivity index (χ0v) is 14.3. The van der Waals surface area contributed by atoms with Gasteiger partial charge in [-0.25, -0.2) is 0 Å². The Bertz CT molecular complexity index is 440. The molecular weight excluding hydrogens is 319 g/mol. The third-order valence-electron chi connectivity index (χ3n) is 3.04. The number of nitrogens with one attached hydrogen (secondary N) is 1. The molecule has 0 saturated heterocycles. The first-order chi connectivity index (χ1) is 8.95. The molecule has 0 aliphatic carbocycles. The lowest BCUT2D eigenvalue weighted by atomic mass is 10.00. The van der Waals surface area contributed by atoms with Gasteiger partial charge in [-0.15, -0.1) is 12.4 Å². The fourth-order valence-electron chi connectivity index (χ4n) is 1.87. The Balaban J connectivity index is 0.00000361. The molecule has 0 spiro atoms. The third kappa shape index (κ3) is 5.88. The molecule has 6 heteroatoms. The van der Waals surface area contributed by atoms with Gasteiger partial charge in [-0.1, -0.05) is 36.2 Å². The van der Waals surface area contributed by atoms with Crippen LogP contribution in [0.4, 0.5) is 0 Å². The van der Waals surface area contributed by atoms with Crippen LogP contribution in [0, 0.1) is 5.92 Å². The molecule has 0 aliphatic rings. The van der Waals surface area contributed by atoms with Crippen molar-refractivity contribution in [3.63, 3.8) is 0 Å². The van der Waals surface area contributed by atoms with Crippen LogP contribution in [-0.4, -0.2) is 38.0 Å². The van der Waals surface area contributed by atoms with Gasteiger partial charge < -0.3 is 10.2 Å². The third-order valence-corrected chi connectivity index (χ3v) is 3.62. The van der Waals surface area contributed by atoms with Crippen LogP contribution in [0.1, 0.15) is 12.5 Å². The SMILES string of the molecule is CNCCN(C)C(=O)C(C)Cc1ccc(Cl)cc1Cl.Cl. The number of amides is 1. The van der Waals surface area contributed by atoms with Crippen molar-refractivity contribution in [3.8, 4) is 0 Å². The molecule has 1 rings (SSSR count). The van der Waals surface area contributed by atoms with Gasteiger partial charge in [0.05, 0.1) is 0 Å². The van der Waals surface area contributed by atoms with E-state index in [2.05, 4.69) is 5.32 Å². The largest absolute Gasteiger partial charge is 0.344 e. The van der Waals surface area contributed by atoms with E-state index in [9.17, 15) is 4.79 Å². The number of nitrogens with zero attached hydrogens (tertiary/aromatic N) is 1. The van der Waals surface area contributed by atoms with Crippen molar-refractivity contribution in [1.82, 2.24) is 10.2 Å². The molecule has 0 heterocycles. The quantitative estimate of drug-likeness (QED) is 0.862. The van der Waals surface area contributed by atoms with Crippen LogP contribution < -0.4 is 5.32 Å². The van der Waals surface area contributed by atoms with Gasteiger partial charge >= 0.3 is 0 Å². The van der Waals surface area contributed by atoms with E-state index in [1.807, 2.05) is 27.1 Å². The predicted molar refractivity (Wildman–Crippen MR) is 88.1 cm³/mol. The Kier molecular flexibility index (Phi) is 9.23. The van der Waals surface area contributed by atoms with E-state index < -0.39 is 0 Å². The Morgan fingerprint density at radius 2 is 2.05 bits per heavy atom. The van der Waals surface area contributed by atoms with Gasteiger partial charge in [0.1, 0.15) is 0 Å². The van der Waals surface area contributed by atoms with E-state index in [1.165, 1.54) is 0 Å². The molecule has 20 heavy (non-hydrogen) atoms. The summed E-state index contributed by atoms with van der Waals surface area (Å²) in [5.74, 6) is 0.0294. The monoisotopic (exact) mass is 338 g/mol. The second kappa shape index (κ2) is 9.46. The molecule has 0 aromatic heterocycles. The molecule has 1 N–H and O–H groups in total. The van der Waals surface area contributed by atoms with Gasteiger partial charge in [0.2, 0.25) is 5.91 Å². The first-order valence-corrected chi connectivity index (χ1v) is 7.04.